The molecule has 0 saturated heterocycles. The van der Waals surface area contributed by atoms with Gasteiger partial charge in [-0.15, -0.1) is 0 Å². The minimum Gasteiger partial charge on any atom is -0.467 e. The molecule has 2 aliphatic carbocycles. The van der Waals surface area contributed by atoms with Crippen molar-refractivity contribution in [1.82, 2.24) is 10.2 Å². The van der Waals surface area contributed by atoms with E-state index in [2.05, 4.69) is 5.32 Å². The number of amides is 2. The minimum atomic E-state index is -0.332. The van der Waals surface area contributed by atoms with Crippen molar-refractivity contribution in [3.8, 4) is 5.75 Å². The number of nitrogens with zero attached hydrogens (tertiary/aromatic N) is 1. The highest BCUT2D eigenvalue weighted by molar-refractivity contribution is 5.75. The van der Waals surface area contributed by atoms with Crippen molar-refractivity contribution in [3.63, 3.8) is 0 Å². The van der Waals surface area contributed by atoms with Crippen molar-refractivity contribution in [1.29, 1.82) is 0 Å². The molecule has 4 rings (SSSR count). The molecule has 1 heterocycles. The summed E-state index contributed by atoms with van der Waals surface area (Å²) in [6, 6.07) is 3.58. The minimum absolute atomic E-state index is 0.0329. The third kappa shape index (κ3) is 3.20. The number of carbonyl (C=O) groups is 1. The third-order valence-electron chi connectivity index (χ3n) is 5.07. The SMILES string of the molecule is O=C(NCc1cc(F)cc2c1OCOC2)N(C1CCCC1)C1CC1. The number of benzene rings is 1. The van der Waals surface area contributed by atoms with Gasteiger partial charge in [0.05, 0.1) is 6.61 Å². The van der Waals surface area contributed by atoms with Gasteiger partial charge >= 0.3 is 6.03 Å². The van der Waals surface area contributed by atoms with Gasteiger partial charge in [0.1, 0.15) is 11.6 Å². The molecule has 2 fully saturated rings. The molecular weight excluding hydrogens is 311 g/mol. The van der Waals surface area contributed by atoms with E-state index in [1.165, 1.54) is 25.0 Å². The number of urea groups is 1. The molecule has 0 spiro atoms. The van der Waals surface area contributed by atoms with Crippen molar-refractivity contribution < 1.29 is 18.7 Å². The molecule has 1 aromatic rings. The lowest BCUT2D eigenvalue weighted by atomic mass is 10.1. The molecule has 0 atom stereocenters. The van der Waals surface area contributed by atoms with E-state index < -0.39 is 0 Å². The van der Waals surface area contributed by atoms with Gasteiger partial charge in [-0.05, 0) is 37.8 Å². The van der Waals surface area contributed by atoms with Gasteiger partial charge < -0.3 is 19.7 Å². The molecule has 1 N–H and O–H groups in total. The number of carbonyl (C=O) groups excluding carboxylic acids is 1. The fraction of sp³-hybridized carbons (Fsp3) is 0.611. The Balaban J connectivity index is 1.46. The Labute approximate surface area is 141 Å². The maximum Gasteiger partial charge on any atom is 0.318 e. The monoisotopic (exact) mass is 334 g/mol. The molecule has 2 amide bonds. The van der Waals surface area contributed by atoms with Crippen LogP contribution in [0.15, 0.2) is 12.1 Å². The Morgan fingerprint density at radius 1 is 1.21 bits per heavy atom. The Kier molecular flexibility index (Phi) is 4.31. The van der Waals surface area contributed by atoms with Crippen LogP contribution in [0.1, 0.15) is 49.7 Å². The van der Waals surface area contributed by atoms with E-state index in [0.29, 0.717) is 35.6 Å². The summed E-state index contributed by atoms with van der Waals surface area (Å²) in [5, 5.41) is 2.97. The van der Waals surface area contributed by atoms with Crippen LogP contribution in [0.2, 0.25) is 0 Å². The first kappa shape index (κ1) is 15.7. The van der Waals surface area contributed by atoms with Crippen LogP contribution in [0.25, 0.3) is 0 Å². The van der Waals surface area contributed by atoms with Gasteiger partial charge in [-0.25, -0.2) is 9.18 Å². The van der Waals surface area contributed by atoms with Crippen LogP contribution < -0.4 is 10.1 Å². The van der Waals surface area contributed by atoms with Gasteiger partial charge in [-0.1, -0.05) is 12.8 Å². The number of halogens is 1. The van der Waals surface area contributed by atoms with Crippen LogP contribution in [-0.4, -0.2) is 29.8 Å². The van der Waals surface area contributed by atoms with Crippen LogP contribution in [0.5, 0.6) is 5.75 Å². The molecule has 0 aromatic heterocycles. The van der Waals surface area contributed by atoms with E-state index in [0.717, 1.165) is 25.7 Å². The van der Waals surface area contributed by atoms with Crippen molar-refractivity contribution in [2.24, 2.45) is 0 Å². The average Bonchev–Trinajstić information content (AvgIpc) is 3.26. The number of hydrogen-bond donors (Lipinski definition) is 1. The highest BCUT2D eigenvalue weighted by Crippen LogP contribution is 2.35. The topological polar surface area (TPSA) is 50.8 Å². The zero-order valence-electron chi connectivity index (χ0n) is 13.7. The first-order valence-electron chi connectivity index (χ1n) is 8.80. The van der Waals surface area contributed by atoms with Crippen molar-refractivity contribution >= 4 is 6.03 Å². The first-order chi connectivity index (χ1) is 11.7. The molecule has 0 radical (unpaired) electrons. The van der Waals surface area contributed by atoms with E-state index >= 15 is 0 Å². The van der Waals surface area contributed by atoms with Gasteiger partial charge in [0.25, 0.3) is 0 Å². The predicted molar refractivity (Wildman–Crippen MR) is 86.0 cm³/mol. The lowest BCUT2D eigenvalue weighted by Crippen LogP contribution is -2.46. The highest BCUT2D eigenvalue weighted by Gasteiger charge is 2.38. The summed E-state index contributed by atoms with van der Waals surface area (Å²) < 4.78 is 24.5. The quantitative estimate of drug-likeness (QED) is 0.919. The molecular formula is C18H23FN2O3. The maximum absolute atomic E-state index is 13.8. The van der Waals surface area contributed by atoms with E-state index in [4.69, 9.17) is 9.47 Å². The van der Waals surface area contributed by atoms with Gasteiger partial charge in [-0.2, -0.15) is 0 Å². The van der Waals surface area contributed by atoms with E-state index in [1.54, 1.807) is 0 Å². The normalized spacial score (nSPS) is 20.4. The molecule has 24 heavy (non-hydrogen) atoms. The van der Waals surface area contributed by atoms with Crippen molar-refractivity contribution in [3.05, 3.63) is 29.1 Å². The van der Waals surface area contributed by atoms with Gasteiger partial charge in [0, 0.05) is 29.8 Å². The third-order valence-corrected chi connectivity index (χ3v) is 5.07. The number of hydrogen-bond acceptors (Lipinski definition) is 3. The molecule has 3 aliphatic rings. The van der Waals surface area contributed by atoms with Gasteiger partial charge in [-0.3, -0.25) is 0 Å². The van der Waals surface area contributed by atoms with E-state index in [1.807, 2.05) is 4.90 Å². The zero-order chi connectivity index (χ0) is 16.5. The smallest absolute Gasteiger partial charge is 0.318 e. The summed E-state index contributed by atoms with van der Waals surface area (Å²) >= 11 is 0. The Bertz CT molecular complexity index is 627. The standard InChI is InChI=1S/C18H23FN2O3/c19-14-7-12(17-13(8-14)10-23-11-24-17)9-20-18(22)21(16-5-6-16)15-3-1-2-4-15/h7-8,15-16H,1-6,9-11H2,(H,20,22). The molecule has 2 saturated carbocycles. The molecule has 1 aliphatic heterocycles. The summed E-state index contributed by atoms with van der Waals surface area (Å²) in [7, 11) is 0. The second-order valence-corrected chi connectivity index (χ2v) is 6.90. The molecule has 5 nitrogen and oxygen atoms in total. The molecule has 0 bridgehead atoms. The van der Waals surface area contributed by atoms with E-state index in [9.17, 15) is 9.18 Å². The summed E-state index contributed by atoms with van der Waals surface area (Å²) in [5.74, 6) is 0.309. The van der Waals surface area contributed by atoms with Crippen LogP contribution in [0, 0.1) is 5.82 Å². The number of fused-ring (bicyclic) bond motifs is 1. The lowest BCUT2D eigenvalue weighted by Gasteiger charge is -2.29. The van der Waals surface area contributed by atoms with Crippen LogP contribution in [0.3, 0.4) is 0 Å². The number of nitrogens with one attached hydrogen (secondary N) is 1. The second-order valence-electron chi connectivity index (χ2n) is 6.90. The van der Waals surface area contributed by atoms with Crippen LogP contribution in [0.4, 0.5) is 9.18 Å². The summed E-state index contributed by atoms with van der Waals surface area (Å²) in [6.07, 6.45) is 6.79. The Morgan fingerprint density at radius 3 is 2.71 bits per heavy atom. The van der Waals surface area contributed by atoms with Gasteiger partial charge in [0.2, 0.25) is 0 Å². The van der Waals surface area contributed by atoms with Gasteiger partial charge in [0.15, 0.2) is 6.79 Å². The molecule has 1 aromatic carbocycles. The zero-order valence-corrected chi connectivity index (χ0v) is 13.7. The predicted octanol–water partition coefficient (Wildman–Crippen LogP) is 3.31. The lowest BCUT2D eigenvalue weighted by molar-refractivity contribution is -0.0173. The summed E-state index contributed by atoms with van der Waals surface area (Å²) in [4.78, 5) is 14.7. The Hall–Kier alpha value is -1.82. The fourth-order valence-corrected chi connectivity index (χ4v) is 3.82. The average molecular weight is 334 g/mol. The number of rotatable bonds is 4. The van der Waals surface area contributed by atoms with Crippen molar-refractivity contribution in [2.45, 2.75) is 63.8 Å². The molecule has 130 valence electrons. The largest absolute Gasteiger partial charge is 0.467 e. The Morgan fingerprint density at radius 2 is 1.96 bits per heavy atom. The second kappa shape index (κ2) is 6.59. The summed E-state index contributed by atoms with van der Waals surface area (Å²) in [5.41, 5.74) is 1.36. The summed E-state index contributed by atoms with van der Waals surface area (Å²) in [6.45, 7) is 0.773. The molecule has 0 unspecified atom stereocenters. The maximum atomic E-state index is 13.8. The van der Waals surface area contributed by atoms with Crippen LogP contribution >= 0.6 is 0 Å². The first-order valence-corrected chi connectivity index (χ1v) is 8.80. The van der Waals surface area contributed by atoms with E-state index in [-0.39, 0.29) is 25.2 Å². The molecule has 6 heteroatoms. The van der Waals surface area contributed by atoms with Crippen molar-refractivity contribution in [2.75, 3.05) is 6.79 Å². The highest BCUT2D eigenvalue weighted by atomic mass is 19.1. The number of ether oxygens (including phenoxy) is 2. The van der Waals surface area contributed by atoms with Crippen LogP contribution in [-0.2, 0) is 17.9 Å². The fourth-order valence-electron chi connectivity index (χ4n) is 3.82.